The van der Waals surface area contributed by atoms with Gasteiger partial charge in [0, 0.05) is 10.0 Å². The van der Waals surface area contributed by atoms with Crippen molar-refractivity contribution >= 4 is 35.6 Å². The maximum atomic E-state index is 5.86. The number of nitrogens with zero attached hydrogens (tertiary/aromatic N) is 2. The highest BCUT2D eigenvalue weighted by molar-refractivity contribution is 6.31. The second kappa shape index (κ2) is 6.34. The van der Waals surface area contributed by atoms with Crippen molar-refractivity contribution in [1.82, 2.24) is 0 Å². The molecule has 2 aromatic rings. The molecule has 0 aliphatic rings. The molecule has 0 radical (unpaired) electrons. The fraction of sp³-hybridized carbons (Fsp3) is 0. The predicted molar refractivity (Wildman–Crippen MR) is 78.1 cm³/mol. The van der Waals surface area contributed by atoms with E-state index in [1.165, 1.54) is 0 Å². The zero-order valence-electron chi connectivity index (χ0n) is 9.42. The highest BCUT2D eigenvalue weighted by atomic mass is 35.5. The Morgan fingerprint density at radius 2 is 1.17 bits per heavy atom. The van der Waals surface area contributed by atoms with Gasteiger partial charge in [0.25, 0.3) is 0 Å². The molecule has 0 heterocycles. The minimum Gasteiger partial charge on any atom is -0.159 e. The van der Waals surface area contributed by atoms with Gasteiger partial charge in [0.2, 0.25) is 0 Å². The monoisotopic (exact) mass is 276 g/mol. The van der Waals surface area contributed by atoms with Crippen molar-refractivity contribution in [2.45, 2.75) is 0 Å². The van der Waals surface area contributed by atoms with Crippen LogP contribution in [0.15, 0.2) is 58.7 Å². The van der Waals surface area contributed by atoms with Gasteiger partial charge in [-0.1, -0.05) is 47.5 Å². The van der Waals surface area contributed by atoms with Crippen LogP contribution in [0.5, 0.6) is 0 Å². The summed E-state index contributed by atoms with van der Waals surface area (Å²) in [6.45, 7) is 0. The zero-order valence-corrected chi connectivity index (χ0v) is 10.9. The molecule has 90 valence electrons. The molecule has 0 amide bonds. The van der Waals surface area contributed by atoms with Gasteiger partial charge in [-0.3, -0.25) is 0 Å². The molecule has 2 rings (SSSR count). The lowest BCUT2D eigenvalue weighted by molar-refractivity contribution is 1.26. The Hall–Kier alpha value is -1.64. The molecule has 0 aliphatic heterocycles. The van der Waals surface area contributed by atoms with Crippen molar-refractivity contribution in [3.05, 3.63) is 69.7 Å². The molecule has 0 atom stereocenters. The van der Waals surface area contributed by atoms with E-state index < -0.39 is 0 Å². The standard InChI is InChI=1S/C14H10Cl2N2/c15-13-5-1-3-11(7-13)9-17-18-10-12-4-2-6-14(16)8-12/h1-10H/b17-9+,18-10?. The number of hydrogen-bond acceptors (Lipinski definition) is 2. The van der Waals surface area contributed by atoms with Gasteiger partial charge < -0.3 is 0 Å². The minimum atomic E-state index is 0.678. The lowest BCUT2D eigenvalue weighted by Gasteiger charge is -1.92. The molecule has 0 fully saturated rings. The lowest BCUT2D eigenvalue weighted by atomic mass is 10.2. The van der Waals surface area contributed by atoms with Crippen LogP contribution in [0.4, 0.5) is 0 Å². The van der Waals surface area contributed by atoms with Crippen molar-refractivity contribution in [2.24, 2.45) is 10.2 Å². The van der Waals surface area contributed by atoms with E-state index in [2.05, 4.69) is 10.2 Å². The second-order valence-electron chi connectivity index (χ2n) is 3.60. The summed E-state index contributed by atoms with van der Waals surface area (Å²) in [6.07, 6.45) is 3.29. The van der Waals surface area contributed by atoms with Crippen molar-refractivity contribution < 1.29 is 0 Å². The van der Waals surface area contributed by atoms with Gasteiger partial charge >= 0.3 is 0 Å². The van der Waals surface area contributed by atoms with E-state index >= 15 is 0 Å². The van der Waals surface area contributed by atoms with Crippen molar-refractivity contribution in [3.63, 3.8) is 0 Å². The predicted octanol–water partition coefficient (Wildman–Crippen LogP) is 4.45. The summed E-state index contributed by atoms with van der Waals surface area (Å²) in [5, 5.41) is 9.26. The summed E-state index contributed by atoms with van der Waals surface area (Å²) < 4.78 is 0. The van der Waals surface area contributed by atoms with E-state index in [0.29, 0.717) is 10.0 Å². The van der Waals surface area contributed by atoms with Crippen LogP contribution >= 0.6 is 23.2 Å². The maximum absolute atomic E-state index is 5.86. The van der Waals surface area contributed by atoms with Gasteiger partial charge in [-0.05, 0) is 35.4 Å². The van der Waals surface area contributed by atoms with Crippen LogP contribution in [0.2, 0.25) is 10.0 Å². The van der Waals surface area contributed by atoms with E-state index in [1.807, 2.05) is 48.5 Å². The third-order valence-electron chi connectivity index (χ3n) is 2.18. The van der Waals surface area contributed by atoms with Crippen LogP contribution in [0, 0.1) is 0 Å². The highest BCUT2D eigenvalue weighted by Crippen LogP contribution is 2.10. The summed E-state index contributed by atoms with van der Waals surface area (Å²) in [7, 11) is 0. The quantitative estimate of drug-likeness (QED) is 0.585. The summed E-state index contributed by atoms with van der Waals surface area (Å²) in [6, 6.07) is 14.8. The largest absolute Gasteiger partial charge is 0.159 e. The molecule has 4 heteroatoms. The first-order valence-electron chi connectivity index (χ1n) is 5.31. The summed E-state index contributed by atoms with van der Waals surface area (Å²) >= 11 is 11.7. The molecule has 2 aromatic carbocycles. The first kappa shape index (κ1) is 12.8. The van der Waals surface area contributed by atoms with E-state index in [9.17, 15) is 0 Å². The van der Waals surface area contributed by atoms with Crippen LogP contribution in [-0.4, -0.2) is 12.4 Å². The molecule has 0 N–H and O–H groups in total. The van der Waals surface area contributed by atoms with Crippen LogP contribution in [0.25, 0.3) is 0 Å². The molecule has 0 aromatic heterocycles. The van der Waals surface area contributed by atoms with Crippen molar-refractivity contribution in [1.29, 1.82) is 0 Å². The Labute approximate surface area is 116 Å². The van der Waals surface area contributed by atoms with Crippen molar-refractivity contribution in [2.75, 3.05) is 0 Å². The molecule has 2 nitrogen and oxygen atoms in total. The fourth-order valence-electron chi connectivity index (χ4n) is 1.37. The molecule has 0 saturated carbocycles. The number of benzene rings is 2. The molecule has 0 bridgehead atoms. The third-order valence-corrected chi connectivity index (χ3v) is 2.65. The van der Waals surface area contributed by atoms with E-state index in [-0.39, 0.29) is 0 Å². The summed E-state index contributed by atoms with van der Waals surface area (Å²) in [4.78, 5) is 0. The molecule has 18 heavy (non-hydrogen) atoms. The number of rotatable bonds is 3. The van der Waals surface area contributed by atoms with Gasteiger partial charge in [0.1, 0.15) is 0 Å². The Kier molecular flexibility index (Phi) is 4.51. The molecule has 0 spiro atoms. The molecule has 0 unspecified atom stereocenters. The van der Waals surface area contributed by atoms with Gasteiger partial charge in [0.15, 0.2) is 0 Å². The Morgan fingerprint density at radius 1 is 0.722 bits per heavy atom. The first-order valence-corrected chi connectivity index (χ1v) is 6.07. The smallest absolute Gasteiger partial charge is 0.0568 e. The van der Waals surface area contributed by atoms with Crippen LogP contribution in [0.3, 0.4) is 0 Å². The molecular formula is C14H10Cl2N2. The second-order valence-corrected chi connectivity index (χ2v) is 4.47. The van der Waals surface area contributed by atoms with Crippen molar-refractivity contribution in [3.8, 4) is 0 Å². The first-order chi connectivity index (χ1) is 8.74. The van der Waals surface area contributed by atoms with Gasteiger partial charge in [-0.25, -0.2) is 0 Å². The fourth-order valence-corrected chi connectivity index (χ4v) is 1.77. The van der Waals surface area contributed by atoms with Gasteiger partial charge in [-0.2, -0.15) is 10.2 Å². The minimum absolute atomic E-state index is 0.678. The third kappa shape index (κ3) is 3.99. The maximum Gasteiger partial charge on any atom is 0.0568 e. The highest BCUT2D eigenvalue weighted by Gasteiger charge is 1.90. The molecule has 0 aliphatic carbocycles. The molecular weight excluding hydrogens is 267 g/mol. The van der Waals surface area contributed by atoms with Crippen LogP contribution in [-0.2, 0) is 0 Å². The topological polar surface area (TPSA) is 24.7 Å². The average molecular weight is 277 g/mol. The average Bonchev–Trinajstić information content (AvgIpc) is 2.35. The molecule has 0 saturated heterocycles. The van der Waals surface area contributed by atoms with E-state index in [4.69, 9.17) is 23.2 Å². The van der Waals surface area contributed by atoms with E-state index in [1.54, 1.807) is 12.4 Å². The van der Waals surface area contributed by atoms with Gasteiger partial charge in [0.05, 0.1) is 12.4 Å². The van der Waals surface area contributed by atoms with Crippen LogP contribution in [0.1, 0.15) is 11.1 Å². The van der Waals surface area contributed by atoms with Crippen LogP contribution < -0.4 is 0 Å². The Bertz CT molecular complexity index is 538. The Morgan fingerprint density at radius 3 is 1.56 bits per heavy atom. The summed E-state index contributed by atoms with van der Waals surface area (Å²) in [5.41, 5.74) is 1.82. The Balaban J connectivity index is 2.03. The number of hydrogen-bond donors (Lipinski definition) is 0. The zero-order chi connectivity index (χ0) is 12.8. The SMILES string of the molecule is Clc1cccc(C=N/N=C/c2cccc(Cl)c2)c1. The lowest BCUT2D eigenvalue weighted by Crippen LogP contribution is -1.81. The normalized spacial score (nSPS) is 11.4. The van der Waals surface area contributed by atoms with E-state index in [0.717, 1.165) is 11.1 Å². The van der Waals surface area contributed by atoms with Gasteiger partial charge in [-0.15, -0.1) is 0 Å². The summed E-state index contributed by atoms with van der Waals surface area (Å²) in [5.74, 6) is 0. The number of halogens is 2.